The third kappa shape index (κ3) is 3.97. The van der Waals surface area contributed by atoms with Gasteiger partial charge in [-0.1, -0.05) is 49.6 Å². The van der Waals surface area contributed by atoms with Crippen LogP contribution in [0.5, 0.6) is 0 Å². The van der Waals surface area contributed by atoms with Crippen molar-refractivity contribution in [3.63, 3.8) is 0 Å². The molecule has 0 radical (unpaired) electrons. The minimum absolute atomic E-state index is 0.0858. The summed E-state index contributed by atoms with van der Waals surface area (Å²) in [6, 6.07) is 8.00. The highest BCUT2D eigenvalue weighted by atomic mass is 35.5. The number of nitrogens with zero attached hydrogens (tertiary/aromatic N) is 1. The van der Waals surface area contributed by atoms with E-state index in [0.717, 1.165) is 42.4 Å². The van der Waals surface area contributed by atoms with Crippen LogP contribution < -0.4 is 0 Å². The van der Waals surface area contributed by atoms with Crippen LogP contribution in [0.4, 0.5) is 0 Å². The van der Waals surface area contributed by atoms with E-state index in [1.165, 1.54) is 12.8 Å². The summed E-state index contributed by atoms with van der Waals surface area (Å²) in [4.78, 5) is 2.30. The van der Waals surface area contributed by atoms with Crippen molar-refractivity contribution >= 4 is 11.6 Å². The molecule has 2 nitrogen and oxygen atoms in total. The molecule has 2 rings (SSSR count). The summed E-state index contributed by atoms with van der Waals surface area (Å²) in [6.07, 6.45) is 4.75. The average Bonchev–Trinajstić information content (AvgIpc) is 2.44. The van der Waals surface area contributed by atoms with Gasteiger partial charge in [-0.15, -0.1) is 0 Å². The summed E-state index contributed by atoms with van der Waals surface area (Å²) < 4.78 is 0. The van der Waals surface area contributed by atoms with Crippen molar-refractivity contribution in [3.8, 4) is 0 Å². The SMILES string of the molecule is CC1CCC(CO)(CN(C)Cc2ccccc2Cl)CC1. The van der Waals surface area contributed by atoms with Crippen LogP contribution in [0.3, 0.4) is 0 Å². The molecule has 0 atom stereocenters. The van der Waals surface area contributed by atoms with E-state index in [1.807, 2.05) is 18.2 Å². The van der Waals surface area contributed by atoms with Gasteiger partial charge in [-0.3, -0.25) is 0 Å². The number of hydrogen-bond donors (Lipinski definition) is 1. The summed E-state index contributed by atoms with van der Waals surface area (Å²) in [6.45, 7) is 4.40. The van der Waals surface area contributed by atoms with Crippen molar-refractivity contribution in [2.75, 3.05) is 20.2 Å². The van der Waals surface area contributed by atoms with Crippen LogP contribution in [0.25, 0.3) is 0 Å². The van der Waals surface area contributed by atoms with Gasteiger partial charge in [0.25, 0.3) is 0 Å². The van der Waals surface area contributed by atoms with Crippen molar-refractivity contribution in [3.05, 3.63) is 34.9 Å². The summed E-state index contributed by atoms with van der Waals surface area (Å²) in [5.74, 6) is 0.809. The van der Waals surface area contributed by atoms with Gasteiger partial charge in [-0.05, 0) is 37.4 Å². The molecule has 0 heterocycles. The van der Waals surface area contributed by atoms with Crippen molar-refractivity contribution in [1.82, 2.24) is 4.90 Å². The van der Waals surface area contributed by atoms with Crippen molar-refractivity contribution in [1.29, 1.82) is 0 Å². The van der Waals surface area contributed by atoms with E-state index < -0.39 is 0 Å². The van der Waals surface area contributed by atoms with E-state index in [1.54, 1.807) is 0 Å². The first-order valence-corrected chi connectivity index (χ1v) is 7.95. The molecule has 1 saturated carbocycles. The lowest BCUT2D eigenvalue weighted by atomic mass is 9.71. The maximum Gasteiger partial charge on any atom is 0.0499 e. The van der Waals surface area contributed by atoms with Crippen LogP contribution in [0.15, 0.2) is 24.3 Å². The van der Waals surface area contributed by atoms with Crippen molar-refractivity contribution in [2.24, 2.45) is 11.3 Å². The van der Waals surface area contributed by atoms with Crippen LogP contribution in [0, 0.1) is 11.3 Å². The largest absolute Gasteiger partial charge is 0.396 e. The predicted octanol–water partition coefficient (Wildman–Crippen LogP) is 3.96. The van der Waals surface area contributed by atoms with Crippen molar-refractivity contribution < 1.29 is 5.11 Å². The van der Waals surface area contributed by atoms with Gasteiger partial charge >= 0.3 is 0 Å². The molecule has 0 aromatic heterocycles. The Balaban J connectivity index is 1.96. The summed E-state index contributed by atoms with van der Waals surface area (Å²) in [7, 11) is 2.12. The molecular weight excluding hydrogens is 270 g/mol. The Morgan fingerprint density at radius 3 is 2.55 bits per heavy atom. The molecule has 1 aliphatic carbocycles. The number of aliphatic hydroxyl groups is 1. The first kappa shape index (κ1) is 15.8. The third-order valence-electron chi connectivity index (χ3n) is 4.67. The fraction of sp³-hybridized carbons (Fsp3) is 0.647. The van der Waals surface area contributed by atoms with Gasteiger partial charge in [-0.2, -0.15) is 0 Å². The Bertz CT molecular complexity index is 427. The number of rotatable bonds is 5. The summed E-state index contributed by atoms with van der Waals surface area (Å²) >= 11 is 6.22. The van der Waals surface area contributed by atoms with Crippen LogP contribution in [-0.2, 0) is 6.54 Å². The number of halogens is 1. The predicted molar refractivity (Wildman–Crippen MR) is 84.9 cm³/mol. The van der Waals surface area contributed by atoms with Gasteiger partial charge in [0, 0.05) is 30.1 Å². The zero-order valence-electron chi connectivity index (χ0n) is 12.6. The van der Waals surface area contributed by atoms with Gasteiger partial charge < -0.3 is 10.0 Å². The molecule has 112 valence electrons. The summed E-state index contributed by atoms with van der Waals surface area (Å²) in [5, 5.41) is 10.7. The van der Waals surface area contributed by atoms with Crippen molar-refractivity contribution in [2.45, 2.75) is 39.2 Å². The fourth-order valence-corrected chi connectivity index (χ4v) is 3.48. The first-order chi connectivity index (χ1) is 9.54. The smallest absolute Gasteiger partial charge is 0.0499 e. The second-order valence-corrected chi connectivity index (χ2v) is 7.01. The molecule has 1 aliphatic rings. The second-order valence-electron chi connectivity index (χ2n) is 6.60. The minimum atomic E-state index is 0.0858. The quantitative estimate of drug-likeness (QED) is 0.889. The molecule has 1 aromatic carbocycles. The Labute approximate surface area is 127 Å². The maximum atomic E-state index is 9.84. The van der Waals surface area contributed by atoms with Gasteiger partial charge in [0.1, 0.15) is 0 Å². The highest BCUT2D eigenvalue weighted by molar-refractivity contribution is 6.31. The van der Waals surface area contributed by atoms with E-state index >= 15 is 0 Å². The number of benzene rings is 1. The molecule has 0 spiro atoms. The van der Waals surface area contributed by atoms with Crippen LogP contribution in [-0.4, -0.2) is 30.2 Å². The topological polar surface area (TPSA) is 23.5 Å². The lowest BCUT2D eigenvalue weighted by Gasteiger charge is -2.40. The lowest BCUT2D eigenvalue weighted by molar-refractivity contribution is 0.0346. The molecule has 0 saturated heterocycles. The fourth-order valence-electron chi connectivity index (χ4n) is 3.29. The van der Waals surface area contributed by atoms with Gasteiger partial charge in [0.15, 0.2) is 0 Å². The monoisotopic (exact) mass is 295 g/mol. The molecule has 0 bridgehead atoms. The zero-order valence-corrected chi connectivity index (χ0v) is 13.4. The lowest BCUT2D eigenvalue weighted by Crippen LogP contribution is -2.40. The maximum absolute atomic E-state index is 9.84. The van der Waals surface area contributed by atoms with E-state index in [2.05, 4.69) is 24.9 Å². The third-order valence-corrected chi connectivity index (χ3v) is 5.04. The Morgan fingerprint density at radius 2 is 1.95 bits per heavy atom. The van der Waals surface area contributed by atoms with E-state index in [-0.39, 0.29) is 5.41 Å². The Morgan fingerprint density at radius 1 is 1.30 bits per heavy atom. The Kier molecular flexibility index (Phi) is 5.48. The van der Waals surface area contributed by atoms with Crippen LogP contribution >= 0.6 is 11.6 Å². The molecule has 1 fully saturated rings. The molecule has 0 amide bonds. The van der Waals surface area contributed by atoms with E-state index in [9.17, 15) is 5.11 Å². The van der Waals surface area contributed by atoms with E-state index in [0.29, 0.717) is 6.61 Å². The molecule has 0 aliphatic heterocycles. The standard InChI is InChI=1S/C17H26ClNO/c1-14-7-9-17(13-20,10-8-14)12-19(2)11-15-5-3-4-6-16(15)18/h3-6,14,20H,7-13H2,1-2H3. The molecule has 1 aromatic rings. The van der Waals surface area contributed by atoms with E-state index in [4.69, 9.17) is 11.6 Å². The molecule has 20 heavy (non-hydrogen) atoms. The molecular formula is C17H26ClNO. The second kappa shape index (κ2) is 6.93. The average molecular weight is 296 g/mol. The molecule has 0 unspecified atom stereocenters. The summed E-state index contributed by atoms with van der Waals surface area (Å²) in [5.41, 5.74) is 1.25. The van der Waals surface area contributed by atoms with Gasteiger partial charge in [0.05, 0.1) is 0 Å². The van der Waals surface area contributed by atoms with Gasteiger partial charge in [-0.25, -0.2) is 0 Å². The molecule has 1 N–H and O–H groups in total. The minimum Gasteiger partial charge on any atom is -0.396 e. The van der Waals surface area contributed by atoms with Crippen LogP contribution in [0.1, 0.15) is 38.2 Å². The Hall–Kier alpha value is -0.570. The normalized spacial score (nSPS) is 26.9. The highest BCUT2D eigenvalue weighted by Gasteiger charge is 2.34. The zero-order chi connectivity index (χ0) is 14.6. The number of hydrogen-bond acceptors (Lipinski definition) is 2. The highest BCUT2D eigenvalue weighted by Crippen LogP contribution is 2.39. The van der Waals surface area contributed by atoms with Gasteiger partial charge in [0.2, 0.25) is 0 Å². The first-order valence-electron chi connectivity index (χ1n) is 7.57. The van der Waals surface area contributed by atoms with Crippen LogP contribution in [0.2, 0.25) is 5.02 Å². The number of aliphatic hydroxyl groups excluding tert-OH is 1. The molecule has 3 heteroatoms.